The Morgan fingerprint density at radius 2 is 1.71 bits per heavy atom. The van der Waals surface area contributed by atoms with Crippen LogP contribution >= 0.6 is 0 Å². The first-order chi connectivity index (χ1) is 15.0. The van der Waals surface area contributed by atoms with Gasteiger partial charge < -0.3 is 29.7 Å². The highest BCUT2D eigenvalue weighted by Gasteiger charge is 2.44. The van der Waals surface area contributed by atoms with Crippen LogP contribution in [0.1, 0.15) is 41.7 Å². The van der Waals surface area contributed by atoms with E-state index in [0.29, 0.717) is 23.2 Å². The lowest BCUT2D eigenvalue weighted by Gasteiger charge is -2.40. The molecule has 4 N–H and O–H groups in total. The molecule has 0 bridgehead atoms. The van der Waals surface area contributed by atoms with Gasteiger partial charge in [0.1, 0.15) is 30.2 Å². The molecule has 0 amide bonds. The van der Waals surface area contributed by atoms with E-state index < -0.39 is 37.3 Å². The lowest BCUT2D eigenvalue weighted by molar-refractivity contribution is -0.250. The van der Waals surface area contributed by atoms with Crippen LogP contribution in [0.5, 0.6) is 0 Å². The van der Waals surface area contributed by atoms with E-state index in [9.17, 15) is 24.8 Å². The van der Waals surface area contributed by atoms with Gasteiger partial charge in [0.2, 0.25) is 0 Å². The van der Waals surface area contributed by atoms with Crippen molar-refractivity contribution in [3.63, 3.8) is 0 Å². The molecule has 2 fully saturated rings. The van der Waals surface area contributed by atoms with E-state index in [0.717, 1.165) is 11.1 Å². The van der Waals surface area contributed by atoms with Crippen molar-refractivity contribution >= 4 is 10.9 Å². The molecule has 1 saturated heterocycles. The Bertz CT molecular complexity index is 1080. The number of aliphatic hydroxyl groups excluding tert-OH is 4. The molecule has 164 valence electrons. The maximum Gasteiger partial charge on any atom is 0.163 e. The lowest BCUT2D eigenvalue weighted by atomic mass is 9.98. The summed E-state index contributed by atoms with van der Waals surface area (Å²) in [6.07, 6.45) is -1.82. The van der Waals surface area contributed by atoms with Crippen LogP contribution in [0.2, 0.25) is 0 Å². The summed E-state index contributed by atoms with van der Waals surface area (Å²) in [6, 6.07) is 13.1. The van der Waals surface area contributed by atoms with Crippen LogP contribution in [0.4, 0.5) is 4.39 Å². The summed E-state index contributed by atoms with van der Waals surface area (Å²) in [5.74, 6) is 0.282. The van der Waals surface area contributed by atoms with Gasteiger partial charge in [0.05, 0.1) is 12.1 Å². The van der Waals surface area contributed by atoms with Crippen molar-refractivity contribution in [2.75, 3.05) is 6.61 Å². The van der Waals surface area contributed by atoms with Gasteiger partial charge in [-0.2, -0.15) is 0 Å². The number of halogens is 1. The van der Waals surface area contributed by atoms with Crippen LogP contribution in [0.25, 0.3) is 10.9 Å². The summed E-state index contributed by atoms with van der Waals surface area (Å²) >= 11 is 0. The first-order valence-corrected chi connectivity index (χ1v) is 10.6. The fraction of sp³-hybridized carbons (Fsp3) is 0.417. The van der Waals surface area contributed by atoms with Crippen molar-refractivity contribution in [2.24, 2.45) is 0 Å². The molecule has 7 heteroatoms. The summed E-state index contributed by atoms with van der Waals surface area (Å²) in [4.78, 5) is 0. The van der Waals surface area contributed by atoms with E-state index in [1.54, 1.807) is 22.9 Å². The maximum atomic E-state index is 14.8. The number of ether oxygens (including phenoxy) is 1. The average molecular weight is 427 g/mol. The minimum atomic E-state index is -1.50. The molecule has 1 aliphatic heterocycles. The van der Waals surface area contributed by atoms with Gasteiger partial charge in [-0.15, -0.1) is 0 Å². The highest BCUT2D eigenvalue weighted by atomic mass is 19.1. The van der Waals surface area contributed by atoms with Crippen molar-refractivity contribution < 1.29 is 29.6 Å². The standard InChI is InChI=1S/C24H26FNO5/c25-17-2-1-3-18-20(17)16(10-13-4-6-14(7-5-13)15-8-9-15)11-26(18)24-23(30)22(29)21(28)19(12-27)31-24/h1-7,11,15,19,21-24,27-30H,8-10,12H2/t19-,21-,22+,23-,24-/m0/s1. The Morgan fingerprint density at radius 3 is 2.39 bits per heavy atom. The Morgan fingerprint density at radius 1 is 0.968 bits per heavy atom. The van der Waals surface area contributed by atoms with E-state index in [2.05, 4.69) is 24.3 Å². The molecule has 2 aromatic carbocycles. The smallest absolute Gasteiger partial charge is 0.163 e. The number of hydrogen-bond acceptors (Lipinski definition) is 5. The van der Waals surface area contributed by atoms with Crippen molar-refractivity contribution in [2.45, 2.75) is 55.8 Å². The van der Waals surface area contributed by atoms with Gasteiger partial charge in [-0.1, -0.05) is 30.3 Å². The highest BCUT2D eigenvalue weighted by Crippen LogP contribution is 2.40. The summed E-state index contributed by atoms with van der Waals surface area (Å²) < 4.78 is 22.1. The number of rotatable bonds is 5. The third-order valence-corrected chi connectivity index (χ3v) is 6.45. The van der Waals surface area contributed by atoms with Crippen molar-refractivity contribution in [3.8, 4) is 0 Å². The topological polar surface area (TPSA) is 95.1 Å². The van der Waals surface area contributed by atoms with E-state index >= 15 is 0 Å². The molecule has 1 aromatic heterocycles. The second-order valence-electron chi connectivity index (χ2n) is 8.61. The van der Waals surface area contributed by atoms with Gasteiger partial charge in [-0.3, -0.25) is 0 Å². The SMILES string of the molecule is OC[C@@H]1O[C@H](n2cc(Cc3ccc(C4CC4)cc3)c3c(F)cccc32)[C@@H](O)[C@H](O)[C@H]1O. The van der Waals surface area contributed by atoms with Crippen LogP contribution in [-0.4, -0.2) is 56.0 Å². The molecule has 6 nitrogen and oxygen atoms in total. The Balaban J connectivity index is 1.53. The Hall–Kier alpha value is -2.29. The molecule has 1 aliphatic carbocycles. The van der Waals surface area contributed by atoms with Gasteiger partial charge in [-0.25, -0.2) is 4.39 Å². The first kappa shape index (κ1) is 20.6. The average Bonchev–Trinajstić information content (AvgIpc) is 3.56. The van der Waals surface area contributed by atoms with Crippen LogP contribution in [0, 0.1) is 5.82 Å². The number of nitrogens with zero attached hydrogens (tertiary/aromatic N) is 1. The monoisotopic (exact) mass is 427 g/mol. The van der Waals surface area contributed by atoms with E-state index in [-0.39, 0.29) is 5.82 Å². The fourth-order valence-corrected chi connectivity index (χ4v) is 4.55. The molecule has 2 heterocycles. The summed E-state index contributed by atoms with van der Waals surface area (Å²) in [6.45, 7) is -0.519. The van der Waals surface area contributed by atoms with Crippen LogP contribution in [0.15, 0.2) is 48.7 Å². The van der Waals surface area contributed by atoms with Crippen LogP contribution < -0.4 is 0 Å². The van der Waals surface area contributed by atoms with Gasteiger partial charge >= 0.3 is 0 Å². The van der Waals surface area contributed by atoms with Gasteiger partial charge in [0.15, 0.2) is 6.23 Å². The fourth-order valence-electron chi connectivity index (χ4n) is 4.55. The molecular weight excluding hydrogens is 401 g/mol. The summed E-state index contributed by atoms with van der Waals surface area (Å²) in [5, 5.41) is 40.8. The summed E-state index contributed by atoms with van der Waals surface area (Å²) in [7, 11) is 0. The minimum Gasteiger partial charge on any atom is -0.394 e. The van der Waals surface area contributed by atoms with Gasteiger partial charge in [-0.05, 0) is 54.0 Å². The predicted molar refractivity (Wildman–Crippen MR) is 112 cm³/mol. The zero-order valence-corrected chi connectivity index (χ0v) is 16.9. The van der Waals surface area contributed by atoms with Crippen LogP contribution in [-0.2, 0) is 11.2 Å². The number of benzene rings is 2. The molecule has 5 rings (SSSR count). The molecule has 0 radical (unpaired) electrons. The molecule has 5 atom stereocenters. The molecular formula is C24H26FNO5. The number of hydrogen-bond donors (Lipinski definition) is 4. The molecule has 31 heavy (non-hydrogen) atoms. The number of fused-ring (bicyclic) bond motifs is 1. The maximum absolute atomic E-state index is 14.8. The third kappa shape index (κ3) is 3.66. The Labute approximate surface area is 179 Å². The second-order valence-corrected chi connectivity index (χ2v) is 8.61. The van der Waals surface area contributed by atoms with E-state index in [4.69, 9.17) is 4.74 Å². The Kier molecular flexibility index (Phi) is 5.32. The molecule has 0 spiro atoms. The molecule has 0 unspecified atom stereocenters. The quantitative estimate of drug-likeness (QED) is 0.501. The van der Waals surface area contributed by atoms with Crippen LogP contribution in [0.3, 0.4) is 0 Å². The zero-order chi connectivity index (χ0) is 21.7. The molecule has 1 saturated carbocycles. The number of aromatic nitrogens is 1. The third-order valence-electron chi connectivity index (χ3n) is 6.45. The highest BCUT2D eigenvalue weighted by molar-refractivity contribution is 5.85. The number of aliphatic hydroxyl groups is 4. The molecule has 3 aromatic rings. The van der Waals surface area contributed by atoms with Crippen molar-refractivity contribution in [3.05, 3.63) is 71.2 Å². The van der Waals surface area contributed by atoms with E-state index in [1.165, 1.54) is 24.5 Å². The predicted octanol–water partition coefficient (Wildman–Crippen LogP) is 2.22. The zero-order valence-electron chi connectivity index (χ0n) is 16.9. The van der Waals surface area contributed by atoms with Gasteiger partial charge in [0.25, 0.3) is 0 Å². The largest absolute Gasteiger partial charge is 0.394 e. The first-order valence-electron chi connectivity index (χ1n) is 10.6. The second kappa shape index (κ2) is 8.00. The lowest BCUT2D eigenvalue weighted by Crippen LogP contribution is -2.56. The van der Waals surface area contributed by atoms with Crippen molar-refractivity contribution in [1.29, 1.82) is 0 Å². The molecule has 2 aliphatic rings. The van der Waals surface area contributed by atoms with Gasteiger partial charge in [0, 0.05) is 11.6 Å². The summed E-state index contributed by atoms with van der Waals surface area (Å²) in [5.41, 5.74) is 3.61. The van der Waals surface area contributed by atoms with Crippen molar-refractivity contribution in [1.82, 2.24) is 4.57 Å². The minimum absolute atomic E-state index is 0.384. The van der Waals surface area contributed by atoms with E-state index in [1.807, 2.05) is 0 Å². The normalized spacial score (nSPS) is 28.9.